The summed E-state index contributed by atoms with van der Waals surface area (Å²) in [6.45, 7) is 0.481. The molecule has 2 N–H and O–H groups in total. The van der Waals surface area contributed by atoms with Gasteiger partial charge in [-0.1, -0.05) is 12.8 Å². The van der Waals surface area contributed by atoms with Crippen LogP contribution >= 0.6 is 0 Å². The molecule has 108 valence electrons. The van der Waals surface area contributed by atoms with Crippen LogP contribution in [-0.2, 0) is 9.47 Å². The Morgan fingerprint density at radius 1 is 0.950 bits per heavy atom. The summed E-state index contributed by atoms with van der Waals surface area (Å²) in [4.78, 5) is 22.2. The fraction of sp³-hybridized carbons (Fsp3) is 0.800. The molecule has 20 heavy (non-hydrogen) atoms. The molecule has 0 radical (unpaired) electrons. The Morgan fingerprint density at radius 2 is 1.35 bits per heavy atom. The molecular formula is C10H22B4N2O4. The highest BCUT2D eigenvalue weighted by atomic mass is 16.5. The summed E-state index contributed by atoms with van der Waals surface area (Å²) in [7, 11) is 4.33. The van der Waals surface area contributed by atoms with Gasteiger partial charge in [-0.25, -0.2) is 0 Å². The van der Waals surface area contributed by atoms with Crippen LogP contribution in [0.25, 0.3) is 0 Å². The minimum Gasteiger partial charge on any atom is -0.458 e. The SMILES string of the molecule is BBC(=O)OCNC1CCCC[C@H]1NCOC(=O)BB. The van der Waals surface area contributed by atoms with Crippen molar-refractivity contribution in [2.45, 2.75) is 37.8 Å². The van der Waals surface area contributed by atoms with Crippen molar-refractivity contribution < 1.29 is 19.1 Å². The molecule has 10 heteroatoms. The molecule has 1 aliphatic rings. The lowest BCUT2D eigenvalue weighted by Crippen LogP contribution is -2.51. The first-order chi connectivity index (χ1) is 9.67. The van der Waals surface area contributed by atoms with Crippen LogP contribution in [0.2, 0.25) is 0 Å². The number of carbonyl (C=O) groups excluding carboxylic acids is 2. The largest absolute Gasteiger partial charge is 0.458 e. The molecule has 1 unspecified atom stereocenters. The first-order valence-electron chi connectivity index (χ1n) is 7.45. The Labute approximate surface area is 123 Å². The topological polar surface area (TPSA) is 76.7 Å². The fourth-order valence-electron chi connectivity index (χ4n) is 2.28. The van der Waals surface area contributed by atoms with Gasteiger partial charge in [-0.05, 0) is 12.8 Å². The van der Waals surface area contributed by atoms with Gasteiger partial charge in [0.2, 0.25) is 26.1 Å². The molecule has 0 heterocycles. The normalized spacial score (nSPS) is 21.8. The van der Waals surface area contributed by atoms with Crippen LogP contribution in [-0.4, -0.2) is 67.1 Å². The molecule has 1 rings (SSSR count). The van der Waals surface area contributed by atoms with Gasteiger partial charge in [0.05, 0.1) is 15.5 Å². The zero-order valence-electron chi connectivity index (χ0n) is 12.4. The van der Waals surface area contributed by atoms with E-state index in [4.69, 9.17) is 9.47 Å². The number of ether oxygens (including phenoxy) is 2. The summed E-state index contributed by atoms with van der Waals surface area (Å²) in [5.41, 5.74) is 0. The smallest absolute Gasteiger partial charge is 0.239 e. The third-order valence-corrected chi connectivity index (χ3v) is 3.50. The minimum atomic E-state index is -0.199. The Morgan fingerprint density at radius 3 is 1.70 bits per heavy atom. The first kappa shape index (κ1) is 17.2. The van der Waals surface area contributed by atoms with Crippen LogP contribution in [0.4, 0.5) is 9.59 Å². The van der Waals surface area contributed by atoms with Crippen LogP contribution in [0.5, 0.6) is 0 Å². The zero-order valence-corrected chi connectivity index (χ0v) is 12.4. The highest BCUT2D eigenvalue weighted by Gasteiger charge is 2.24. The molecule has 0 amide bonds. The van der Waals surface area contributed by atoms with Gasteiger partial charge in [0.1, 0.15) is 13.5 Å². The van der Waals surface area contributed by atoms with Crippen LogP contribution < -0.4 is 10.6 Å². The summed E-state index contributed by atoms with van der Waals surface area (Å²) < 4.78 is 10.1. The maximum atomic E-state index is 11.1. The van der Waals surface area contributed by atoms with Crippen molar-refractivity contribution >= 4 is 41.6 Å². The molecule has 1 aliphatic carbocycles. The van der Waals surface area contributed by atoms with Crippen molar-refractivity contribution in [1.82, 2.24) is 10.6 Å². The summed E-state index contributed by atoms with van der Waals surface area (Å²) >= 11 is 0. The van der Waals surface area contributed by atoms with E-state index in [1.54, 1.807) is 15.5 Å². The molecular weight excluding hydrogens is 255 g/mol. The summed E-state index contributed by atoms with van der Waals surface area (Å²) in [6.07, 6.45) is 4.38. The van der Waals surface area contributed by atoms with E-state index < -0.39 is 0 Å². The highest BCUT2D eigenvalue weighted by molar-refractivity contribution is 7.07. The van der Waals surface area contributed by atoms with Crippen LogP contribution in [0, 0.1) is 0 Å². The summed E-state index contributed by atoms with van der Waals surface area (Å²) in [6, 6.07) is 0.488. The average molecular weight is 278 g/mol. The van der Waals surface area contributed by atoms with Gasteiger partial charge in [0, 0.05) is 12.1 Å². The van der Waals surface area contributed by atoms with Crippen molar-refractivity contribution in [1.29, 1.82) is 0 Å². The van der Waals surface area contributed by atoms with E-state index in [0.717, 1.165) is 25.7 Å². The van der Waals surface area contributed by atoms with E-state index in [1.807, 2.05) is 0 Å². The van der Waals surface area contributed by atoms with E-state index in [1.165, 1.54) is 0 Å². The molecule has 0 spiro atoms. The number of nitrogens with one attached hydrogen (secondary N) is 2. The zero-order chi connectivity index (χ0) is 14.8. The van der Waals surface area contributed by atoms with Crippen molar-refractivity contribution in [2.24, 2.45) is 0 Å². The first-order valence-corrected chi connectivity index (χ1v) is 7.45. The number of hydrogen-bond acceptors (Lipinski definition) is 6. The Bertz CT molecular complexity index is 292. The molecule has 6 nitrogen and oxygen atoms in total. The number of hydrogen-bond donors (Lipinski definition) is 2. The standard InChI is InChI=1S/C10H22B4N2O4/c11-13-9(17)19-5-15-7-3-1-2-4-8(7)16-6-20-10(18)14-12/h7-8,13-16H,1-6,11-12H2/t7-,8?/m1/s1. The van der Waals surface area contributed by atoms with Gasteiger partial charge >= 0.3 is 0 Å². The molecule has 0 aromatic carbocycles. The quantitative estimate of drug-likeness (QED) is 0.382. The Kier molecular flexibility index (Phi) is 8.53. The Hall–Kier alpha value is -0.880. The molecule has 0 bridgehead atoms. The van der Waals surface area contributed by atoms with E-state index in [9.17, 15) is 9.59 Å². The molecule has 0 aromatic heterocycles. The maximum absolute atomic E-state index is 11.1. The molecule has 1 fully saturated rings. The predicted octanol–water partition coefficient (Wildman–Crippen LogP) is -2.37. The van der Waals surface area contributed by atoms with Gasteiger partial charge < -0.3 is 9.47 Å². The minimum absolute atomic E-state index is 0.199. The van der Waals surface area contributed by atoms with Gasteiger partial charge in [0.15, 0.2) is 0 Å². The molecule has 2 atom stereocenters. The molecule has 1 saturated carbocycles. The molecule has 0 aliphatic heterocycles. The van der Waals surface area contributed by atoms with Crippen molar-refractivity contribution in [2.75, 3.05) is 13.5 Å². The van der Waals surface area contributed by atoms with E-state index >= 15 is 0 Å². The van der Waals surface area contributed by atoms with Crippen LogP contribution in [0.1, 0.15) is 25.7 Å². The van der Waals surface area contributed by atoms with Crippen molar-refractivity contribution in [3.05, 3.63) is 0 Å². The van der Waals surface area contributed by atoms with Gasteiger partial charge in [0.25, 0.3) is 0 Å². The highest BCUT2D eigenvalue weighted by Crippen LogP contribution is 2.18. The van der Waals surface area contributed by atoms with E-state index in [-0.39, 0.29) is 37.3 Å². The van der Waals surface area contributed by atoms with Gasteiger partial charge in [-0.2, -0.15) is 0 Å². The predicted molar refractivity (Wildman–Crippen MR) is 86.4 cm³/mol. The third-order valence-electron chi connectivity index (χ3n) is 3.50. The lowest BCUT2D eigenvalue weighted by molar-refractivity contribution is 0.127. The lowest BCUT2D eigenvalue weighted by Gasteiger charge is -2.32. The Balaban J connectivity index is 2.26. The van der Waals surface area contributed by atoms with Gasteiger partial charge in [-0.15, -0.1) is 0 Å². The van der Waals surface area contributed by atoms with Crippen LogP contribution in [0.15, 0.2) is 0 Å². The second-order valence-corrected chi connectivity index (χ2v) is 4.93. The van der Waals surface area contributed by atoms with Crippen molar-refractivity contribution in [3.8, 4) is 0 Å². The van der Waals surface area contributed by atoms with E-state index in [2.05, 4.69) is 10.6 Å². The number of rotatable bonds is 8. The average Bonchev–Trinajstić information content (AvgIpc) is 2.48. The maximum Gasteiger partial charge on any atom is 0.239 e. The molecule has 0 aromatic rings. The fourth-order valence-corrected chi connectivity index (χ4v) is 2.28. The van der Waals surface area contributed by atoms with E-state index in [0.29, 0.717) is 14.3 Å². The second kappa shape index (κ2) is 9.94. The monoisotopic (exact) mass is 278 g/mol. The summed E-state index contributed by atoms with van der Waals surface area (Å²) in [5, 5.41) is 6.49. The van der Waals surface area contributed by atoms with Crippen LogP contribution in [0.3, 0.4) is 0 Å². The summed E-state index contributed by atoms with van der Waals surface area (Å²) in [5.74, 6) is -0.399. The number of carbonyl (C=O) groups is 2. The van der Waals surface area contributed by atoms with Gasteiger partial charge in [-0.3, -0.25) is 20.2 Å². The third kappa shape index (κ3) is 6.52. The second-order valence-electron chi connectivity index (χ2n) is 4.93. The molecule has 0 saturated heterocycles. The lowest BCUT2D eigenvalue weighted by atomic mass is 9.56. The van der Waals surface area contributed by atoms with Crippen molar-refractivity contribution in [3.63, 3.8) is 0 Å².